The molecule has 0 saturated carbocycles. The molecule has 0 radical (unpaired) electrons. The van der Waals surface area contributed by atoms with E-state index in [1.807, 2.05) is 35.2 Å². The van der Waals surface area contributed by atoms with Crippen molar-refractivity contribution in [3.05, 3.63) is 35.9 Å². The number of aliphatic carboxylic acids is 1. The number of hydrogen-bond donors (Lipinski definition) is 2. The van der Waals surface area contributed by atoms with Gasteiger partial charge in [0.25, 0.3) is 0 Å². The third-order valence-corrected chi connectivity index (χ3v) is 3.91. The molecule has 1 aliphatic heterocycles. The van der Waals surface area contributed by atoms with E-state index in [1.54, 1.807) is 0 Å². The number of rotatable bonds is 6. The molecule has 2 N–H and O–H groups in total. The largest absolute Gasteiger partial charge is 0.481 e. The molecule has 1 amide bonds. The number of benzene rings is 1. The molecule has 0 aliphatic carbocycles. The first-order valence-electron chi connectivity index (χ1n) is 7.85. The molecule has 128 valence electrons. The number of likely N-dealkylation sites (tertiary alicyclic amines) is 1. The third-order valence-electron chi connectivity index (χ3n) is 3.91. The van der Waals surface area contributed by atoms with Crippen LogP contribution in [0.2, 0.25) is 0 Å². The first kappa shape index (κ1) is 17.8. The molecule has 0 aromatic heterocycles. The van der Waals surface area contributed by atoms with Gasteiger partial charge in [-0.15, -0.1) is 0 Å². The molecule has 1 aromatic carbocycles. The highest BCUT2D eigenvalue weighted by Crippen LogP contribution is 2.20. The number of ether oxygens (including phenoxy) is 1. The fourth-order valence-corrected chi connectivity index (χ4v) is 2.96. The minimum atomic E-state index is -0.871. The minimum absolute atomic E-state index is 0.0270. The molecule has 1 aromatic rings. The highest BCUT2D eigenvalue weighted by atomic mass is 16.5. The zero-order valence-electron chi connectivity index (χ0n) is 13.4. The zero-order chi connectivity index (χ0) is 17.4. The average molecular weight is 331 g/mol. The molecule has 7 nitrogen and oxygen atoms in total. The van der Waals surface area contributed by atoms with Crippen LogP contribution in [0.1, 0.15) is 18.4 Å². The molecule has 1 aliphatic rings. The minimum Gasteiger partial charge on any atom is -0.481 e. The van der Waals surface area contributed by atoms with Gasteiger partial charge in [-0.3, -0.25) is 9.69 Å². The van der Waals surface area contributed by atoms with Gasteiger partial charge in [-0.2, -0.15) is 5.26 Å². The van der Waals surface area contributed by atoms with Crippen LogP contribution in [0.15, 0.2) is 30.3 Å². The molecule has 1 fully saturated rings. The van der Waals surface area contributed by atoms with Gasteiger partial charge in [0.15, 0.2) is 0 Å². The van der Waals surface area contributed by atoms with E-state index in [0.29, 0.717) is 19.5 Å². The Hall–Kier alpha value is -2.59. The van der Waals surface area contributed by atoms with E-state index in [0.717, 1.165) is 5.56 Å². The lowest BCUT2D eigenvalue weighted by Crippen LogP contribution is -2.51. The Morgan fingerprint density at radius 3 is 2.75 bits per heavy atom. The molecular formula is C17H21N3O4. The number of carboxylic acid groups (broad SMARTS) is 1. The maximum atomic E-state index is 11.9. The molecule has 0 bridgehead atoms. The van der Waals surface area contributed by atoms with Crippen molar-refractivity contribution in [3.8, 4) is 6.07 Å². The smallest absolute Gasteiger partial charge is 0.407 e. The van der Waals surface area contributed by atoms with Gasteiger partial charge in [0.1, 0.15) is 6.61 Å². The highest BCUT2D eigenvalue weighted by molar-refractivity contribution is 5.68. The average Bonchev–Trinajstić information content (AvgIpc) is 2.53. The summed E-state index contributed by atoms with van der Waals surface area (Å²) in [6.07, 6.45) is 0.0603. The molecule has 24 heavy (non-hydrogen) atoms. The lowest BCUT2D eigenvalue weighted by atomic mass is 9.91. The van der Waals surface area contributed by atoms with E-state index in [2.05, 4.69) is 11.4 Å². The number of carbonyl (C=O) groups excluding carboxylic acids is 1. The summed E-state index contributed by atoms with van der Waals surface area (Å²) in [5.74, 6) is -0.965. The van der Waals surface area contributed by atoms with Crippen molar-refractivity contribution in [1.82, 2.24) is 10.2 Å². The number of nitriles is 1. The summed E-state index contributed by atoms with van der Waals surface area (Å²) in [7, 11) is 0. The van der Waals surface area contributed by atoms with E-state index < -0.39 is 12.1 Å². The van der Waals surface area contributed by atoms with Crippen molar-refractivity contribution in [3.63, 3.8) is 0 Å². The molecule has 2 atom stereocenters. The van der Waals surface area contributed by atoms with Crippen molar-refractivity contribution in [2.24, 2.45) is 5.92 Å². The second-order valence-electron chi connectivity index (χ2n) is 5.95. The summed E-state index contributed by atoms with van der Waals surface area (Å²) in [4.78, 5) is 24.7. The van der Waals surface area contributed by atoms with Crippen LogP contribution in [0.5, 0.6) is 0 Å². The third kappa shape index (κ3) is 5.89. The van der Waals surface area contributed by atoms with Gasteiger partial charge >= 0.3 is 12.1 Å². The Morgan fingerprint density at radius 1 is 1.33 bits per heavy atom. The van der Waals surface area contributed by atoms with E-state index in [4.69, 9.17) is 15.1 Å². The Bertz CT molecular complexity index is 600. The predicted molar refractivity (Wildman–Crippen MR) is 86.0 cm³/mol. The maximum Gasteiger partial charge on any atom is 0.407 e. The van der Waals surface area contributed by atoms with Crippen LogP contribution in [0.3, 0.4) is 0 Å². The summed E-state index contributed by atoms with van der Waals surface area (Å²) in [5, 5.41) is 20.6. The molecule has 2 rings (SSSR count). The monoisotopic (exact) mass is 331 g/mol. The van der Waals surface area contributed by atoms with Gasteiger partial charge in [0, 0.05) is 25.6 Å². The normalized spacial score (nSPS) is 20.8. The van der Waals surface area contributed by atoms with Crippen LogP contribution < -0.4 is 5.32 Å². The standard InChI is InChI=1S/C17H21N3O4/c18-6-7-20-10-14(9-16(21)22)8-15(11-20)19-17(23)24-12-13-4-2-1-3-5-13/h1-5,14-15H,7-12H2,(H,19,23)(H,21,22). The Labute approximate surface area is 140 Å². The molecule has 2 unspecified atom stereocenters. The summed E-state index contributed by atoms with van der Waals surface area (Å²) in [6.45, 7) is 1.47. The Kier molecular flexibility index (Phi) is 6.58. The highest BCUT2D eigenvalue weighted by Gasteiger charge is 2.29. The van der Waals surface area contributed by atoms with Gasteiger partial charge in [-0.05, 0) is 17.9 Å². The quantitative estimate of drug-likeness (QED) is 0.768. The van der Waals surface area contributed by atoms with Gasteiger partial charge in [0.05, 0.1) is 12.6 Å². The number of carbonyl (C=O) groups is 2. The zero-order valence-corrected chi connectivity index (χ0v) is 13.4. The number of hydrogen-bond acceptors (Lipinski definition) is 5. The summed E-state index contributed by atoms with van der Waals surface area (Å²) < 4.78 is 5.19. The van der Waals surface area contributed by atoms with E-state index in [9.17, 15) is 9.59 Å². The second-order valence-corrected chi connectivity index (χ2v) is 5.95. The van der Waals surface area contributed by atoms with E-state index in [-0.39, 0.29) is 31.5 Å². The summed E-state index contributed by atoms with van der Waals surface area (Å²) in [6, 6.07) is 11.2. The first-order chi connectivity index (χ1) is 11.6. The summed E-state index contributed by atoms with van der Waals surface area (Å²) in [5.41, 5.74) is 0.895. The molecule has 1 heterocycles. The predicted octanol–water partition coefficient (Wildman–Crippen LogP) is 1.60. The van der Waals surface area contributed by atoms with Crippen LogP contribution in [0, 0.1) is 17.2 Å². The number of nitrogens with zero attached hydrogens (tertiary/aromatic N) is 2. The van der Waals surface area contributed by atoms with Crippen molar-refractivity contribution in [2.75, 3.05) is 19.6 Å². The van der Waals surface area contributed by atoms with Gasteiger partial charge in [-0.25, -0.2) is 4.79 Å². The van der Waals surface area contributed by atoms with Crippen LogP contribution in [-0.2, 0) is 16.1 Å². The first-order valence-corrected chi connectivity index (χ1v) is 7.85. The molecule has 1 saturated heterocycles. The number of amides is 1. The lowest BCUT2D eigenvalue weighted by molar-refractivity contribution is -0.138. The van der Waals surface area contributed by atoms with Crippen LogP contribution >= 0.6 is 0 Å². The van der Waals surface area contributed by atoms with Crippen LogP contribution in [0.4, 0.5) is 4.79 Å². The van der Waals surface area contributed by atoms with Crippen molar-refractivity contribution in [2.45, 2.75) is 25.5 Å². The fraction of sp³-hybridized carbons (Fsp3) is 0.471. The SMILES string of the molecule is N#CCN1CC(CC(=O)O)CC(NC(=O)OCc2ccccc2)C1. The van der Waals surface area contributed by atoms with Crippen LogP contribution in [0.25, 0.3) is 0 Å². The molecule has 0 spiro atoms. The number of nitrogens with one attached hydrogen (secondary N) is 1. The van der Waals surface area contributed by atoms with E-state index >= 15 is 0 Å². The Balaban J connectivity index is 1.85. The molecular weight excluding hydrogens is 310 g/mol. The van der Waals surface area contributed by atoms with Gasteiger partial charge in [0.2, 0.25) is 0 Å². The maximum absolute atomic E-state index is 11.9. The van der Waals surface area contributed by atoms with Crippen molar-refractivity contribution >= 4 is 12.1 Å². The second kappa shape index (κ2) is 8.89. The van der Waals surface area contributed by atoms with Gasteiger partial charge in [-0.1, -0.05) is 30.3 Å². The van der Waals surface area contributed by atoms with Crippen molar-refractivity contribution in [1.29, 1.82) is 5.26 Å². The number of alkyl carbamates (subject to hydrolysis) is 1. The topological polar surface area (TPSA) is 103 Å². The van der Waals surface area contributed by atoms with Crippen LogP contribution in [-0.4, -0.2) is 47.7 Å². The van der Waals surface area contributed by atoms with E-state index in [1.165, 1.54) is 0 Å². The fourth-order valence-electron chi connectivity index (χ4n) is 2.96. The number of piperidine rings is 1. The Morgan fingerprint density at radius 2 is 2.08 bits per heavy atom. The van der Waals surface area contributed by atoms with Crippen molar-refractivity contribution < 1.29 is 19.4 Å². The summed E-state index contributed by atoms with van der Waals surface area (Å²) >= 11 is 0. The molecule has 7 heteroatoms. The lowest BCUT2D eigenvalue weighted by Gasteiger charge is -2.36. The van der Waals surface area contributed by atoms with Gasteiger partial charge < -0.3 is 15.2 Å². The number of carboxylic acids is 1.